The van der Waals surface area contributed by atoms with Gasteiger partial charge in [0.25, 0.3) is 0 Å². The third-order valence-corrected chi connectivity index (χ3v) is 1.06. The van der Waals surface area contributed by atoms with Crippen LogP contribution < -0.4 is 5.32 Å². The molecule has 0 aromatic heterocycles. The van der Waals surface area contributed by atoms with Crippen molar-refractivity contribution in [1.82, 2.24) is 5.32 Å². The lowest BCUT2D eigenvalue weighted by molar-refractivity contribution is -0.110. The molecule has 0 unspecified atom stereocenters. The summed E-state index contributed by atoms with van der Waals surface area (Å²) < 4.78 is 0. The number of nitrogens with one attached hydrogen (secondary N) is 1. The number of allylic oxidation sites excluding steroid dienone is 3. The summed E-state index contributed by atoms with van der Waals surface area (Å²) in [7, 11) is 0. The molecule has 0 aromatic rings. The summed E-state index contributed by atoms with van der Waals surface area (Å²) in [4.78, 5) is 10.6. The second kappa shape index (κ2) is 2.87. The van der Waals surface area contributed by atoms with Gasteiger partial charge in [-0.2, -0.15) is 0 Å². The lowest BCUT2D eigenvalue weighted by Crippen LogP contribution is -2.00. The number of rotatable bonds is 0. The Hall–Kier alpha value is -1.51. The van der Waals surface area contributed by atoms with Crippen molar-refractivity contribution in [1.29, 1.82) is 0 Å². The molecule has 1 aliphatic heterocycles. The largest absolute Gasteiger partial charge is 0.513 e. The second-order valence-electron chi connectivity index (χ2n) is 1.80. The minimum atomic E-state index is -0.0932. The Morgan fingerprint density at radius 2 is 2.20 bits per heavy atom. The molecule has 0 atom stereocenters. The van der Waals surface area contributed by atoms with E-state index in [4.69, 9.17) is 5.11 Å². The van der Waals surface area contributed by atoms with Gasteiger partial charge in [-0.15, -0.1) is 0 Å². The SMILES string of the molecule is O=C1C=CNC(=CO)C=C1. The Balaban J connectivity index is 2.82. The maximum absolute atomic E-state index is 10.6. The number of aliphatic hydroxyl groups is 1. The van der Waals surface area contributed by atoms with Crippen molar-refractivity contribution in [2.24, 2.45) is 0 Å². The van der Waals surface area contributed by atoms with Crippen molar-refractivity contribution in [2.75, 3.05) is 0 Å². The van der Waals surface area contributed by atoms with Crippen LogP contribution in [0.25, 0.3) is 0 Å². The van der Waals surface area contributed by atoms with Gasteiger partial charge in [-0.05, 0) is 12.2 Å². The summed E-state index contributed by atoms with van der Waals surface area (Å²) in [5.41, 5.74) is 0.502. The second-order valence-corrected chi connectivity index (χ2v) is 1.80. The quantitative estimate of drug-likeness (QED) is 0.481. The summed E-state index contributed by atoms with van der Waals surface area (Å²) in [6.07, 6.45) is 6.64. The summed E-state index contributed by atoms with van der Waals surface area (Å²) in [6.45, 7) is 0. The van der Waals surface area contributed by atoms with Crippen LogP contribution in [0.15, 0.2) is 36.4 Å². The first-order chi connectivity index (χ1) is 4.83. The number of carbonyl (C=O) groups is 1. The van der Waals surface area contributed by atoms with Crippen molar-refractivity contribution in [2.45, 2.75) is 0 Å². The minimum Gasteiger partial charge on any atom is -0.513 e. The van der Waals surface area contributed by atoms with Crippen LogP contribution in [0.4, 0.5) is 0 Å². The summed E-state index contributed by atoms with van der Waals surface area (Å²) in [5, 5.41) is 11.2. The van der Waals surface area contributed by atoms with Crippen LogP contribution in [0.5, 0.6) is 0 Å². The zero-order chi connectivity index (χ0) is 7.40. The van der Waals surface area contributed by atoms with Crippen molar-refractivity contribution >= 4 is 5.78 Å². The highest BCUT2D eigenvalue weighted by Crippen LogP contribution is 1.95. The lowest BCUT2D eigenvalue weighted by atomic mass is 10.3. The fourth-order valence-electron chi connectivity index (χ4n) is 0.576. The first kappa shape index (κ1) is 6.61. The van der Waals surface area contributed by atoms with E-state index in [0.29, 0.717) is 5.70 Å². The molecule has 1 heterocycles. The van der Waals surface area contributed by atoms with Crippen LogP contribution in [0.2, 0.25) is 0 Å². The highest BCUT2D eigenvalue weighted by molar-refractivity contribution is 5.99. The van der Waals surface area contributed by atoms with Gasteiger partial charge in [-0.25, -0.2) is 0 Å². The molecular formula is C7H7NO2. The molecule has 0 saturated carbocycles. The molecule has 2 N–H and O–H groups in total. The fraction of sp³-hybridized carbons (Fsp3) is 0. The molecule has 52 valence electrons. The topological polar surface area (TPSA) is 49.3 Å². The number of hydrogen-bond acceptors (Lipinski definition) is 3. The van der Waals surface area contributed by atoms with Crippen molar-refractivity contribution in [3.05, 3.63) is 36.4 Å². The molecule has 1 rings (SSSR count). The van der Waals surface area contributed by atoms with Gasteiger partial charge in [0.2, 0.25) is 0 Å². The van der Waals surface area contributed by atoms with E-state index in [9.17, 15) is 4.79 Å². The maximum Gasteiger partial charge on any atom is 0.180 e. The molecule has 0 fully saturated rings. The van der Waals surface area contributed by atoms with E-state index < -0.39 is 0 Å². The van der Waals surface area contributed by atoms with Gasteiger partial charge in [0.1, 0.15) is 6.26 Å². The van der Waals surface area contributed by atoms with E-state index >= 15 is 0 Å². The summed E-state index contributed by atoms with van der Waals surface area (Å²) in [5.74, 6) is -0.0932. The van der Waals surface area contributed by atoms with Crippen molar-refractivity contribution in [3.8, 4) is 0 Å². The highest BCUT2D eigenvalue weighted by Gasteiger charge is 1.95. The van der Waals surface area contributed by atoms with Gasteiger partial charge in [-0.1, -0.05) is 0 Å². The Morgan fingerprint density at radius 1 is 1.40 bits per heavy atom. The van der Waals surface area contributed by atoms with Crippen molar-refractivity contribution < 1.29 is 9.90 Å². The van der Waals surface area contributed by atoms with Crippen LogP contribution in [-0.2, 0) is 4.79 Å². The Bertz CT molecular complexity index is 226. The first-order valence-electron chi connectivity index (χ1n) is 2.82. The number of carbonyl (C=O) groups excluding carboxylic acids is 1. The Kier molecular flexibility index (Phi) is 1.89. The third kappa shape index (κ3) is 1.48. The fourth-order valence-corrected chi connectivity index (χ4v) is 0.576. The molecule has 0 aliphatic carbocycles. The molecule has 0 saturated heterocycles. The van der Waals surface area contributed by atoms with Crippen LogP contribution in [0.1, 0.15) is 0 Å². The van der Waals surface area contributed by atoms with Gasteiger partial charge in [0.15, 0.2) is 5.78 Å². The molecule has 0 aromatic carbocycles. The Labute approximate surface area is 58.4 Å². The average Bonchev–Trinajstić information content (AvgIpc) is 2.14. The molecule has 0 bridgehead atoms. The normalized spacial score (nSPS) is 20.8. The first-order valence-corrected chi connectivity index (χ1v) is 2.82. The van der Waals surface area contributed by atoms with E-state index in [2.05, 4.69) is 5.32 Å². The Morgan fingerprint density at radius 3 is 2.90 bits per heavy atom. The van der Waals surface area contributed by atoms with Crippen LogP contribution in [-0.4, -0.2) is 10.9 Å². The molecule has 0 amide bonds. The zero-order valence-corrected chi connectivity index (χ0v) is 5.24. The highest BCUT2D eigenvalue weighted by atomic mass is 16.2. The molecule has 3 heteroatoms. The minimum absolute atomic E-state index is 0.0932. The zero-order valence-electron chi connectivity index (χ0n) is 5.24. The molecule has 0 spiro atoms. The number of aliphatic hydroxyl groups excluding tert-OH is 1. The summed E-state index contributed by atoms with van der Waals surface area (Å²) in [6, 6.07) is 0. The van der Waals surface area contributed by atoms with E-state index in [1.165, 1.54) is 24.4 Å². The lowest BCUT2D eigenvalue weighted by Gasteiger charge is -1.93. The maximum atomic E-state index is 10.6. The van der Waals surface area contributed by atoms with Gasteiger partial charge >= 0.3 is 0 Å². The van der Waals surface area contributed by atoms with Gasteiger partial charge in [0.05, 0.1) is 5.70 Å². The third-order valence-electron chi connectivity index (χ3n) is 1.06. The van der Waals surface area contributed by atoms with E-state index in [1.807, 2.05) is 0 Å². The molecule has 10 heavy (non-hydrogen) atoms. The molecule has 3 nitrogen and oxygen atoms in total. The smallest absolute Gasteiger partial charge is 0.180 e. The molecule has 0 radical (unpaired) electrons. The average molecular weight is 137 g/mol. The van der Waals surface area contributed by atoms with Crippen LogP contribution in [0, 0.1) is 0 Å². The standard InChI is InChI=1S/C7H7NO2/c9-5-6-1-2-7(10)3-4-8-6/h1-5,8-9H. The molecule has 1 aliphatic rings. The summed E-state index contributed by atoms with van der Waals surface area (Å²) >= 11 is 0. The van der Waals surface area contributed by atoms with E-state index in [-0.39, 0.29) is 5.78 Å². The van der Waals surface area contributed by atoms with Crippen molar-refractivity contribution in [3.63, 3.8) is 0 Å². The molecular weight excluding hydrogens is 130 g/mol. The number of hydrogen-bond donors (Lipinski definition) is 2. The van der Waals surface area contributed by atoms with Gasteiger partial charge in [-0.3, -0.25) is 4.79 Å². The van der Waals surface area contributed by atoms with E-state index in [0.717, 1.165) is 6.26 Å². The monoisotopic (exact) mass is 137 g/mol. The van der Waals surface area contributed by atoms with E-state index in [1.54, 1.807) is 0 Å². The van der Waals surface area contributed by atoms with Gasteiger partial charge < -0.3 is 10.4 Å². The van der Waals surface area contributed by atoms with Gasteiger partial charge in [0, 0.05) is 12.3 Å². The predicted molar refractivity (Wildman–Crippen MR) is 37.1 cm³/mol. The predicted octanol–water partition coefficient (Wildman–Crippen LogP) is 0.628. The van der Waals surface area contributed by atoms with Crippen LogP contribution >= 0.6 is 0 Å². The number of ketones is 1. The van der Waals surface area contributed by atoms with Crippen LogP contribution in [0.3, 0.4) is 0 Å².